The van der Waals surface area contributed by atoms with E-state index in [1.807, 2.05) is 56.3 Å². The molecule has 2 atom stereocenters. The molecule has 0 aromatic heterocycles. The average molecular weight is 486 g/mol. The number of amides is 1. The Balaban J connectivity index is 1.84. The Bertz CT molecular complexity index is 871. The lowest BCUT2D eigenvalue weighted by atomic mass is 10.1. The summed E-state index contributed by atoms with van der Waals surface area (Å²) in [7, 11) is 0. The smallest absolute Gasteiger partial charge is 0.410 e. The Morgan fingerprint density at radius 3 is 2.29 bits per heavy atom. The van der Waals surface area contributed by atoms with E-state index in [0.29, 0.717) is 38.5 Å². The number of carboxylic acids is 1. The first-order valence-corrected chi connectivity index (χ1v) is 12.5. The SMILES string of the molecule is CCOC(Cc1ccc(OCCN(CCCCc2ccccc2)C(=O)OC(C)CC)cc1)C(=O)O. The number of aliphatic carboxylic acids is 1. The van der Waals surface area contributed by atoms with E-state index in [9.17, 15) is 14.7 Å². The summed E-state index contributed by atoms with van der Waals surface area (Å²) < 4.78 is 16.7. The summed E-state index contributed by atoms with van der Waals surface area (Å²) in [6.07, 6.45) is 2.60. The molecule has 0 bridgehead atoms. The highest BCUT2D eigenvalue weighted by molar-refractivity contribution is 5.72. The van der Waals surface area contributed by atoms with Crippen molar-refractivity contribution in [2.24, 2.45) is 0 Å². The Morgan fingerprint density at radius 1 is 0.943 bits per heavy atom. The molecule has 2 rings (SSSR count). The highest BCUT2D eigenvalue weighted by Gasteiger charge is 2.19. The second-order valence-corrected chi connectivity index (χ2v) is 8.51. The van der Waals surface area contributed by atoms with Crippen molar-refractivity contribution in [2.45, 2.75) is 65.1 Å². The van der Waals surface area contributed by atoms with Crippen molar-refractivity contribution in [3.8, 4) is 5.75 Å². The lowest BCUT2D eigenvalue weighted by Crippen LogP contribution is -2.37. The number of carbonyl (C=O) groups is 2. The van der Waals surface area contributed by atoms with Crippen LogP contribution < -0.4 is 4.74 Å². The fourth-order valence-corrected chi connectivity index (χ4v) is 3.53. The van der Waals surface area contributed by atoms with Gasteiger partial charge in [-0.2, -0.15) is 0 Å². The quantitative estimate of drug-likeness (QED) is 0.322. The van der Waals surface area contributed by atoms with Gasteiger partial charge in [0.1, 0.15) is 18.5 Å². The summed E-state index contributed by atoms with van der Waals surface area (Å²) in [4.78, 5) is 25.7. The summed E-state index contributed by atoms with van der Waals surface area (Å²) in [5.41, 5.74) is 2.15. The minimum atomic E-state index is -0.972. The van der Waals surface area contributed by atoms with Crippen LogP contribution in [0.4, 0.5) is 4.79 Å². The molecule has 2 aromatic rings. The number of carbonyl (C=O) groups excluding carboxylic acids is 1. The number of ether oxygens (including phenoxy) is 3. The first-order valence-electron chi connectivity index (χ1n) is 12.5. The topological polar surface area (TPSA) is 85.3 Å². The lowest BCUT2D eigenvalue weighted by Gasteiger charge is -2.24. The van der Waals surface area contributed by atoms with Crippen molar-refractivity contribution in [3.05, 3.63) is 65.7 Å². The van der Waals surface area contributed by atoms with Gasteiger partial charge in [0, 0.05) is 19.6 Å². The third-order valence-electron chi connectivity index (χ3n) is 5.74. The maximum atomic E-state index is 12.7. The minimum Gasteiger partial charge on any atom is -0.492 e. The van der Waals surface area contributed by atoms with Gasteiger partial charge in [0.15, 0.2) is 6.10 Å². The molecule has 35 heavy (non-hydrogen) atoms. The van der Waals surface area contributed by atoms with E-state index in [1.54, 1.807) is 11.8 Å². The molecule has 0 radical (unpaired) electrons. The number of benzene rings is 2. The molecule has 7 heteroatoms. The van der Waals surface area contributed by atoms with Crippen LogP contribution in [0.1, 0.15) is 51.2 Å². The Hall–Kier alpha value is -3.06. The number of hydrogen-bond donors (Lipinski definition) is 1. The third kappa shape index (κ3) is 10.8. The molecule has 1 amide bonds. The van der Waals surface area contributed by atoms with Gasteiger partial charge in [-0.15, -0.1) is 0 Å². The molecule has 0 heterocycles. The van der Waals surface area contributed by atoms with Crippen molar-refractivity contribution in [2.75, 3.05) is 26.3 Å². The van der Waals surface area contributed by atoms with Crippen LogP contribution in [0.5, 0.6) is 5.75 Å². The van der Waals surface area contributed by atoms with Gasteiger partial charge >= 0.3 is 12.1 Å². The molecule has 1 N–H and O–H groups in total. The number of carboxylic acid groups (broad SMARTS) is 1. The summed E-state index contributed by atoms with van der Waals surface area (Å²) in [6, 6.07) is 17.6. The fraction of sp³-hybridized carbons (Fsp3) is 0.500. The maximum Gasteiger partial charge on any atom is 0.410 e. The van der Waals surface area contributed by atoms with Crippen molar-refractivity contribution in [1.82, 2.24) is 4.90 Å². The molecule has 2 unspecified atom stereocenters. The normalized spacial score (nSPS) is 12.5. The zero-order valence-electron chi connectivity index (χ0n) is 21.2. The van der Waals surface area contributed by atoms with Crippen LogP contribution in [0, 0.1) is 0 Å². The van der Waals surface area contributed by atoms with Crippen LogP contribution in [-0.2, 0) is 27.1 Å². The van der Waals surface area contributed by atoms with Gasteiger partial charge in [0.2, 0.25) is 0 Å². The first-order chi connectivity index (χ1) is 16.9. The molecule has 0 saturated heterocycles. The van der Waals surface area contributed by atoms with Crippen LogP contribution in [-0.4, -0.2) is 60.6 Å². The van der Waals surface area contributed by atoms with Gasteiger partial charge in [0.05, 0.1) is 6.54 Å². The highest BCUT2D eigenvalue weighted by Crippen LogP contribution is 2.15. The molecule has 0 saturated carbocycles. The van der Waals surface area contributed by atoms with E-state index in [2.05, 4.69) is 12.1 Å². The number of hydrogen-bond acceptors (Lipinski definition) is 5. The Kier molecular flexibility index (Phi) is 12.7. The van der Waals surface area contributed by atoms with Crippen molar-refractivity contribution in [3.63, 3.8) is 0 Å². The van der Waals surface area contributed by atoms with Crippen LogP contribution in [0.25, 0.3) is 0 Å². The largest absolute Gasteiger partial charge is 0.492 e. The van der Waals surface area contributed by atoms with Crippen LogP contribution in [0.3, 0.4) is 0 Å². The highest BCUT2D eigenvalue weighted by atomic mass is 16.6. The molecular weight excluding hydrogens is 446 g/mol. The Labute approximate surface area is 209 Å². The van der Waals surface area contributed by atoms with Crippen LogP contribution in [0.2, 0.25) is 0 Å². The molecule has 2 aromatic carbocycles. The second kappa shape index (κ2) is 15.8. The molecule has 0 fully saturated rings. The standard InChI is InChI=1S/C28H39NO6/c1-4-22(3)35-28(32)29(18-10-9-13-23-11-7-6-8-12-23)19-20-34-25-16-14-24(15-17-25)21-26(27(30)31)33-5-2/h6-8,11-12,14-17,22,26H,4-5,9-10,13,18-21H2,1-3H3,(H,30,31). The second-order valence-electron chi connectivity index (χ2n) is 8.51. The summed E-state index contributed by atoms with van der Waals surface area (Å²) in [5.74, 6) is -0.309. The zero-order chi connectivity index (χ0) is 25.5. The van der Waals surface area contributed by atoms with Gasteiger partial charge in [-0.05, 0) is 62.8 Å². The van der Waals surface area contributed by atoms with Gasteiger partial charge in [-0.3, -0.25) is 0 Å². The van der Waals surface area contributed by atoms with Crippen LogP contribution in [0.15, 0.2) is 54.6 Å². The average Bonchev–Trinajstić information content (AvgIpc) is 2.86. The molecule has 192 valence electrons. The van der Waals surface area contributed by atoms with E-state index in [0.717, 1.165) is 31.2 Å². The summed E-state index contributed by atoms with van der Waals surface area (Å²) in [6.45, 7) is 7.38. The predicted molar refractivity (Wildman–Crippen MR) is 136 cm³/mol. The van der Waals surface area contributed by atoms with E-state index in [1.165, 1.54) is 5.56 Å². The van der Waals surface area contributed by atoms with E-state index >= 15 is 0 Å². The zero-order valence-corrected chi connectivity index (χ0v) is 21.2. The van der Waals surface area contributed by atoms with Crippen molar-refractivity contribution >= 4 is 12.1 Å². The molecule has 7 nitrogen and oxygen atoms in total. The van der Waals surface area contributed by atoms with Gasteiger partial charge in [-0.25, -0.2) is 9.59 Å². The molecule has 0 aliphatic rings. The van der Waals surface area contributed by atoms with Gasteiger partial charge in [0.25, 0.3) is 0 Å². The fourth-order valence-electron chi connectivity index (χ4n) is 3.53. The maximum absolute atomic E-state index is 12.7. The number of rotatable bonds is 16. The van der Waals surface area contributed by atoms with E-state index < -0.39 is 12.1 Å². The molecule has 0 aliphatic heterocycles. The van der Waals surface area contributed by atoms with Gasteiger partial charge in [-0.1, -0.05) is 49.4 Å². The van der Waals surface area contributed by atoms with E-state index in [4.69, 9.17) is 14.2 Å². The first kappa shape index (κ1) is 28.2. The summed E-state index contributed by atoms with van der Waals surface area (Å²) in [5, 5.41) is 9.25. The van der Waals surface area contributed by atoms with Crippen LogP contribution >= 0.6 is 0 Å². The number of aryl methyl sites for hydroxylation is 1. The predicted octanol–water partition coefficient (Wildman–Crippen LogP) is 5.36. The minimum absolute atomic E-state index is 0.130. The van der Waals surface area contributed by atoms with Crippen molar-refractivity contribution in [1.29, 1.82) is 0 Å². The lowest BCUT2D eigenvalue weighted by molar-refractivity contribution is -0.149. The van der Waals surface area contributed by atoms with Crippen molar-refractivity contribution < 1.29 is 28.9 Å². The Morgan fingerprint density at radius 2 is 1.66 bits per heavy atom. The molecular formula is C28H39NO6. The number of nitrogens with zero attached hydrogens (tertiary/aromatic N) is 1. The number of unbranched alkanes of at least 4 members (excludes halogenated alkanes) is 1. The molecule has 0 spiro atoms. The van der Waals surface area contributed by atoms with E-state index in [-0.39, 0.29) is 12.2 Å². The van der Waals surface area contributed by atoms with Gasteiger partial charge < -0.3 is 24.2 Å². The third-order valence-corrected chi connectivity index (χ3v) is 5.74. The molecule has 0 aliphatic carbocycles. The monoisotopic (exact) mass is 485 g/mol. The summed E-state index contributed by atoms with van der Waals surface area (Å²) >= 11 is 0.